The fourth-order valence-electron chi connectivity index (χ4n) is 3.70. The summed E-state index contributed by atoms with van der Waals surface area (Å²) in [6.45, 7) is 2.75. The SMILES string of the molecule is CCCOc1ccc(-c2[nH]nc3c2[C@H](c2ccc(N(C)C)cc2)C(C#N)=C(N)O3)cc1. The molecule has 0 saturated heterocycles. The second kappa shape index (κ2) is 8.44. The summed E-state index contributed by atoms with van der Waals surface area (Å²) in [5, 5.41) is 17.3. The molecule has 4 rings (SSSR count). The molecule has 7 heteroatoms. The number of hydrogen-bond donors (Lipinski definition) is 2. The van der Waals surface area contributed by atoms with E-state index in [0.717, 1.165) is 40.2 Å². The van der Waals surface area contributed by atoms with Crippen molar-refractivity contribution < 1.29 is 9.47 Å². The number of anilines is 1. The van der Waals surface area contributed by atoms with Gasteiger partial charge in [0.25, 0.3) is 0 Å². The van der Waals surface area contributed by atoms with Crippen molar-refractivity contribution in [3.05, 3.63) is 71.1 Å². The fourth-order valence-corrected chi connectivity index (χ4v) is 3.70. The van der Waals surface area contributed by atoms with Crippen molar-refractivity contribution in [3.8, 4) is 29.0 Å². The van der Waals surface area contributed by atoms with Crippen LogP contribution >= 0.6 is 0 Å². The van der Waals surface area contributed by atoms with E-state index < -0.39 is 0 Å². The quantitative estimate of drug-likeness (QED) is 0.627. The minimum atomic E-state index is -0.380. The molecule has 0 unspecified atom stereocenters. The van der Waals surface area contributed by atoms with Crippen molar-refractivity contribution >= 4 is 5.69 Å². The van der Waals surface area contributed by atoms with Crippen LogP contribution in [0.3, 0.4) is 0 Å². The van der Waals surface area contributed by atoms with E-state index in [-0.39, 0.29) is 11.8 Å². The van der Waals surface area contributed by atoms with Crippen LogP contribution in [-0.4, -0.2) is 30.9 Å². The molecule has 3 aromatic rings. The number of H-pyrrole nitrogens is 1. The topological polar surface area (TPSA) is 100 Å². The molecule has 0 aliphatic carbocycles. The third-order valence-electron chi connectivity index (χ3n) is 5.30. The molecule has 158 valence electrons. The molecule has 7 nitrogen and oxygen atoms in total. The number of rotatable bonds is 6. The van der Waals surface area contributed by atoms with Crippen LogP contribution in [0.15, 0.2) is 60.0 Å². The first-order valence-corrected chi connectivity index (χ1v) is 10.2. The number of aromatic amines is 1. The normalized spacial score (nSPS) is 15.1. The second-order valence-electron chi connectivity index (χ2n) is 7.60. The molecule has 1 aromatic heterocycles. The average Bonchev–Trinajstić information content (AvgIpc) is 3.20. The molecule has 0 bridgehead atoms. The molecule has 31 heavy (non-hydrogen) atoms. The third kappa shape index (κ3) is 3.80. The third-order valence-corrected chi connectivity index (χ3v) is 5.30. The Bertz CT molecular complexity index is 1140. The number of benzene rings is 2. The molecule has 2 aromatic carbocycles. The van der Waals surface area contributed by atoms with Gasteiger partial charge in [-0.25, -0.2) is 0 Å². The lowest BCUT2D eigenvalue weighted by Crippen LogP contribution is -2.21. The average molecular weight is 415 g/mol. The maximum Gasteiger partial charge on any atom is 0.244 e. The van der Waals surface area contributed by atoms with Crippen LogP contribution in [0.5, 0.6) is 11.6 Å². The summed E-state index contributed by atoms with van der Waals surface area (Å²) in [7, 11) is 3.98. The van der Waals surface area contributed by atoms with Gasteiger partial charge in [0.2, 0.25) is 11.8 Å². The van der Waals surface area contributed by atoms with Crippen LogP contribution in [0.2, 0.25) is 0 Å². The first kappa shape index (κ1) is 20.4. The van der Waals surface area contributed by atoms with E-state index >= 15 is 0 Å². The van der Waals surface area contributed by atoms with E-state index in [9.17, 15) is 5.26 Å². The number of nitrogens with one attached hydrogen (secondary N) is 1. The molecule has 3 N–H and O–H groups in total. The Morgan fingerprint density at radius 2 is 1.87 bits per heavy atom. The predicted octanol–water partition coefficient (Wildman–Crippen LogP) is 4.15. The minimum absolute atomic E-state index is 0.0815. The van der Waals surface area contributed by atoms with E-state index in [1.54, 1.807) is 0 Å². The molecule has 0 saturated carbocycles. The van der Waals surface area contributed by atoms with Gasteiger partial charge in [-0.05, 0) is 48.4 Å². The van der Waals surface area contributed by atoms with Crippen molar-refractivity contribution in [2.24, 2.45) is 5.73 Å². The number of nitriles is 1. The predicted molar refractivity (Wildman–Crippen MR) is 120 cm³/mol. The molecular weight excluding hydrogens is 390 g/mol. The summed E-state index contributed by atoms with van der Waals surface area (Å²) < 4.78 is 11.4. The van der Waals surface area contributed by atoms with Crippen molar-refractivity contribution in [1.82, 2.24) is 10.2 Å². The number of ether oxygens (including phenoxy) is 2. The fraction of sp³-hybridized carbons (Fsp3) is 0.250. The van der Waals surface area contributed by atoms with Crippen LogP contribution in [-0.2, 0) is 0 Å². The monoisotopic (exact) mass is 415 g/mol. The van der Waals surface area contributed by atoms with E-state index in [1.165, 1.54) is 0 Å². The Kier molecular flexibility index (Phi) is 5.54. The Morgan fingerprint density at radius 3 is 2.48 bits per heavy atom. The zero-order valence-electron chi connectivity index (χ0n) is 17.8. The van der Waals surface area contributed by atoms with E-state index in [4.69, 9.17) is 15.2 Å². The molecule has 1 aliphatic heterocycles. The lowest BCUT2D eigenvalue weighted by molar-refractivity contribution is 0.317. The van der Waals surface area contributed by atoms with Crippen molar-refractivity contribution in [2.45, 2.75) is 19.3 Å². The van der Waals surface area contributed by atoms with Gasteiger partial charge < -0.3 is 20.1 Å². The van der Waals surface area contributed by atoms with Crippen LogP contribution in [0.4, 0.5) is 5.69 Å². The molecule has 0 amide bonds. The van der Waals surface area contributed by atoms with Gasteiger partial charge in [-0.2, -0.15) is 5.26 Å². The summed E-state index contributed by atoms with van der Waals surface area (Å²) >= 11 is 0. The van der Waals surface area contributed by atoms with E-state index in [1.807, 2.05) is 67.5 Å². The highest BCUT2D eigenvalue weighted by atomic mass is 16.5. The maximum atomic E-state index is 9.86. The van der Waals surface area contributed by atoms with Gasteiger partial charge in [0.05, 0.1) is 23.8 Å². The zero-order valence-corrected chi connectivity index (χ0v) is 17.8. The van der Waals surface area contributed by atoms with Crippen LogP contribution in [0.25, 0.3) is 11.3 Å². The lowest BCUT2D eigenvalue weighted by atomic mass is 9.83. The summed E-state index contributed by atoms with van der Waals surface area (Å²) in [5.41, 5.74) is 11.0. The Morgan fingerprint density at radius 1 is 1.16 bits per heavy atom. The number of aromatic nitrogens is 2. The second-order valence-corrected chi connectivity index (χ2v) is 7.60. The van der Waals surface area contributed by atoms with Crippen LogP contribution in [0, 0.1) is 11.3 Å². The standard InChI is InChI=1S/C24H25N5O2/c1-4-13-30-18-11-7-16(8-12-18)22-21-20(15-5-9-17(10-6-15)29(2)3)19(14-25)23(26)31-24(21)28-27-22/h5-12,20H,4,13,26H2,1-3H3,(H,27,28)/t20-/m1/s1. The molecule has 1 atom stereocenters. The first-order chi connectivity index (χ1) is 15.0. The molecule has 0 fully saturated rings. The van der Waals surface area contributed by atoms with Crippen molar-refractivity contribution in [1.29, 1.82) is 5.26 Å². The Hall–Kier alpha value is -3.92. The number of fused-ring (bicyclic) bond motifs is 1. The van der Waals surface area contributed by atoms with Gasteiger partial charge in [-0.1, -0.05) is 19.1 Å². The molecule has 1 aliphatic rings. The number of allylic oxidation sites excluding steroid dienone is 1. The van der Waals surface area contributed by atoms with Gasteiger partial charge in [-0.15, -0.1) is 5.10 Å². The highest BCUT2D eigenvalue weighted by Gasteiger charge is 2.35. The minimum Gasteiger partial charge on any atom is -0.494 e. The van der Waals surface area contributed by atoms with Crippen molar-refractivity contribution in [3.63, 3.8) is 0 Å². The first-order valence-electron chi connectivity index (χ1n) is 10.2. The maximum absolute atomic E-state index is 9.86. The summed E-state index contributed by atoms with van der Waals surface area (Å²) in [4.78, 5) is 2.03. The van der Waals surface area contributed by atoms with Crippen LogP contribution in [0.1, 0.15) is 30.4 Å². The largest absolute Gasteiger partial charge is 0.494 e. The summed E-state index contributed by atoms with van der Waals surface area (Å²) in [5.74, 6) is 0.903. The molecule has 2 heterocycles. The van der Waals surface area contributed by atoms with Gasteiger partial charge in [0.15, 0.2) is 0 Å². The Labute approximate surface area is 181 Å². The summed E-state index contributed by atoms with van der Waals surface area (Å²) in [6.07, 6.45) is 0.951. The smallest absolute Gasteiger partial charge is 0.244 e. The van der Waals surface area contributed by atoms with E-state index in [2.05, 4.69) is 23.2 Å². The summed E-state index contributed by atoms with van der Waals surface area (Å²) in [6, 6.07) is 18.1. The van der Waals surface area contributed by atoms with Gasteiger partial charge in [-0.3, -0.25) is 5.10 Å². The highest BCUT2D eigenvalue weighted by molar-refractivity contribution is 5.71. The number of hydrogen-bond acceptors (Lipinski definition) is 6. The van der Waals surface area contributed by atoms with Crippen LogP contribution < -0.4 is 20.1 Å². The zero-order chi connectivity index (χ0) is 22.0. The van der Waals surface area contributed by atoms with E-state index in [0.29, 0.717) is 18.1 Å². The lowest BCUT2D eigenvalue weighted by Gasteiger charge is -2.24. The Balaban J connectivity index is 1.79. The van der Waals surface area contributed by atoms with Gasteiger partial charge in [0, 0.05) is 25.3 Å². The molecule has 0 spiro atoms. The van der Waals surface area contributed by atoms with Gasteiger partial charge >= 0.3 is 0 Å². The number of nitrogens with two attached hydrogens (primary N) is 1. The number of nitrogens with zero attached hydrogens (tertiary/aromatic N) is 3. The molecule has 0 radical (unpaired) electrons. The van der Waals surface area contributed by atoms with Gasteiger partial charge in [0.1, 0.15) is 17.4 Å². The van der Waals surface area contributed by atoms with Crippen molar-refractivity contribution in [2.75, 3.05) is 25.6 Å². The highest BCUT2D eigenvalue weighted by Crippen LogP contribution is 2.45. The molecular formula is C24H25N5O2.